The summed E-state index contributed by atoms with van der Waals surface area (Å²) in [7, 11) is 1.71. The summed E-state index contributed by atoms with van der Waals surface area (Å²) in [6, 6.07) is 7.39. The minimum absolute atomic E-state index is 0.0821. The van der Waals surface area contributed by atoms with Crippen LogP contribution in [0.4, 0.5) is 0 Å². The SMILES string of the molecule is CO[C@H]1CCC[C@@H](OC(=O)c2ccccc2-c2cncnc2)C1. The predicted molar refractivity (Wildman–Crippen MR) is 85.9 cm³/mol. The number of ether oxygens (including phenoxy) is 2. The monoisotopic (exact) mass is 312 g/mol. The molecule has 0 saturated heterocycles. The van der Waals surface area contributed by atoms with Crippen molar-refractivity contribution >= 4 is 5.97 Å². The molecule has 5 heteroatoms. The van der Waals surface area contributed by atoms with Crippen molar-refractivity contribution in [3.63, 3.8) is 0 Å². The van der Waals surface area contributed by atoms with Crippen LogP contribution in [-0.4, -0.2) is 35.3 Å². The summed E-state index contributed by atoms with van der Waals surface area (Å²) in [5.41, 5.74) is 2.14. The zero-order valence-corrected chi connectivity index (χ0v) is 13.1. The molecule has 0 amide bonds. The minimum atomic E-state index is -0.300. The van der Waals surface area contributed by atoms with Gasteiger partial charge in [0.2, 0.25) is 0 Å². The van der Waals surface area contributed by atoms with E-state index in [1.54, 1.807) is 25.6 Å². The topological polar surface area (TPSA) is 61.3 Å². The van der Waals surface area contributed by atoms with Gasteiger partial charge in [-0.05, 0) is 30.9 Å². The van der Waals surface area contributed by atoms with E-state index < -0.39 is 0 Å². The lowest BCUT2D eigenvalue weighted by atomic mass is 9.94. The van der Waals surface area contributed by atoms with E-state index in [1.807, 2.05) is 18.2 Å². The minimum Gasteiger partial charge on any atom is -0.459 e. The van der Waals surface area contributed by atoms with E-state index in [0.717, 1.165) is 36.8 Å². The van der Waals surface area contributed by atoms with Gasteiger partial charge < -0.3 is 9.47 Å². The van der Waals surface area contributed by atoms with E-state index >= 15 is 0 Å². The third-order valence-electron chi connectivity index (χ3n) is 4.20. The molecule has 1 aliphatic carbocycles. The number of carbonyl (C=O) groups excluding carboxylic acids is 1. The van der Waals surface area contributed by atoms with Crippen molar-refractivity contribution in [2.75, 3.05) is 7.11 Å². The first-order chi connectivity index (χ1) is 11.3. The highest BCUT2D eigenvalue weighted by Crippen LogP contribution is 2.27. The molecule has 0 radical (unpaired) electrons. The Kier molecular flexibility index (Phi) is 4.98. The molecule has 2 atom stereocenters. The average Bonchev–Trinajstić information content (AvgIpc) is 2.62. The van der Waals surface area contributed by atoms with Crippen molar-refractivity contribution in [3.8, 4) is 11.1 Å². The van der Waals surface area contributed by atoms with Crippen LogP contribution < -0.4 is 0 Å². The molecule has 2 aromatic rings. The van der Waals surface area contributed by atoms with Crippen molar-refractivity contribution in [1.82, 2.24) is 9.97 Å². The maximum atomic E-state index is 12.6. The molecular weight excluding hydrogens is 292 g/mol. The number of esters is 1. The molecule has 1 fully saturated rings. The molecular formula is C18H20N2O3. The van der Waals surface area contributed by atoms with Crippen LogP contribution >= 0.6 is 0 Å². The summed E-state index contributed by atoms with van der Waals surface area (Å²) in [6.07, 6.45) is 8.66. The molecule has 0 unspecified atom stereocenters. The van der Waals surface area contributed by atoms with Gasteiger partial charge in [0, 0.05) is 31.5 Å². The van der Waals surface area contributed by atoms with Crippen molar-refractivity contribution in [2.24, 2.45) is 0 Å². The Bertz CT molecular complexity index is 660. The van der Waals surface area contributed by atoms with E-state index in [1.165, 1.54) is 6.33 Å². The first kappa shape index (κ1) is 15.6. The van der Waals surface area contributed by atoms with Crippen molar-refractivity contribution in [2.45, 2.75) is 37.9 Å². The Hall–Kier alpha value is -2.27. The van der Waals surface area contributed by atoms with Gasteiger partial charge in [-0.25, -0.2) is 14.8 Å². The third kappa shape index (κ3) is 3.74. The summed E-state index contributed by atoms with van der Waals surface area (Å²) >= 11 is 0. The van der Waals surface area contributed by atoms with Crippen LogP contribution in [0, 0.1) is 0 Å². The molecule has 0 bridgehead atoms. The highest BCUT2D eigenvalue weighted by atomic mass is 16.5. The molecule has 0 aliphatic heterocycles. The molecule has 120 valence electrons. The molecule has 1 aliphatic rings. The second-order valence-electron chi connectivity index (χ2n) is 5.72. The number of methoxy groups -OCH3 is 1. The van der Waals surface area contributed by atoms with E-state index in [4.69, 9.17) is 9.47 Å². The molecule has 5 nitrogen and oxygen atoms in total. The van der Waals surface area contributed by atoms with E-state index in [9.17, 15) is 4.79 Å². The predicted octanol–water partition coefficient (Wildman–Crippen LogP) is 3.26. The standard InChI is InChI=1S/C18H20N2O3/c1-22-14-5-4-6-15(9-14)23-18(21)17-8-3-2-7-16(17)13-10-19-12-20-11-13/h2-3,7-8,10-12,14-15H,4-6,9H2,1H3/t14-,15+/m0/s1. The number of nitrogens with zero attached hydrogens (tertiary/aromatic N) is 2. The van der Waals surface area contributed by atoms with Crippen molar-refractivity contribution in [1.29, 1.82) is 0 Å². The number of aromatic nitrogens is 2. The van der Waals surface area contributed by atoms with E-state index in [-0.39, 0.29) is 18.2 Å². The Morgan fingerprint density at radius 1 is 1.13 bits per heavy atom. The fourth-order valence-electron chi connectivity index (χ4n) is 2.99. The fraction of sp³-hybridized carbons (Fsp3) is 0.389. The van der Waals surface area contributed by atoms with Gasteiger partial charge in [0.1, 0.15) is 12.4 Å². The number of carbonyl (C=O) groups is 1. The van der Waals surface area contributed by atoms with Gasteiger partial charge in [-0.3, -0.25) is 0 Å². The Morgan fingerprint density at radius 3 is 2.65 bits per heavy atom. The summed E-state index contributed by atoms with van der Waals surface area (Å²) in [5.74, 6) is -0.300. The highest BCUT2D eigenvalue weighted by molar-refractivity contribution is 5.97. The Balaban J connectivity index is 1.78. The lowest BCUT2D eigenvalue weighted by Crippen LogP contribution is -2.29. The van der Waals surface area contributed by atoms with Gasteiger partial charge in [0.05, 0.1) is 11.7 Å². The summed E-state index contributed by atoms with van der Waals surface area (Å²) in [6.45, 7) is 0. The van der Waals surface area contributed by atoms with Crippen molar-refractivity contribution in [3.05, 3.63) is 48.5 Å². The lowest BCUT2D eigenvalue weighted by Gasteiger charge is -2.28. The zero-order valence-electron chi connectivity index (χ0n) is 13.1. The Labute approximate surface area is 135 Å². The van der Waals surface area contributed by atoms with Crippen LogP contribution in [0.25, 0.3) is 11.1 Å². The molecule has 23 heavy (non-hydrogen) atoms. The molecule has 0 N–H and O–H groups in total. The van der Waals surface area contributed by atoms with Gasteiger partial charge in [-0.1, -0.05) is 18.2 Å². The largest absolute Gasteiger partial charge is 0.459 e. The molecule has 1 saturated carbocycles. The average molecular weight is 312 g/mol. The first-order valence-electron chi connectivity index (χ1n) is 7.86. The van der Waals surface area contributed by atoms with Crippen LogP contribution in [-0.2, 0) is 9.47 Å². The number of rotatable bonds is 4. The van der Waals surface area contributed by atoms with E-state index in [2.05, 4.69) is 9.97 Å². The number of hydrogen-bond donors (Lipinski definition) is 0. The van der Waals surface area contributed by atoms with Gasteiger partial charge in [-0.2, -0.15) is 0 Å². The first-order valence-corrected chi connectivity index (χ1v) is 7.86. The summed E-state index contributed by atoms with van der Waals surface area (Å²) in [4.78, 5) is 20.6. The number of benzene rings is 1. The molecule has 3 rings (SSSR count). The second-order valence-corrected chi connectivity index (χ2v) is 5.72. The van der Waals surface area contributed by atoms with Gasteiger partial charge in [-0.15, -0.1) is 0 Å². The maximum absolute atomic E-state index is 12.6. The zero-order chi connectivity index (χ0) is 16.1. The van der Waals surface area contributed by atoms with Gasteiger partial charge >= 0.3 is 5.97 Å². The van der Waals surface area contributed by atoms with Gasteiger partial charge in [0.25, 0.3) is 0 Å². The van der Waals surface area contributed by atoms with Gasteiger partial charge in [0.15, 0.2) is 0 Å². The van der Waals surface area contributed by atoms with Crippen LogP contribution in [0.15, 0.2) is 43.0 Å². The quantitative estimate of drug-likeness (QED) is 0.811. The highest BCUT2D eigenvalue weighted by Gasteiger charge is 2.26. The summed E-state index contributed by atoms with van der Waals surface area (Å²) < 4.78 is 11.1. The van der Waals surface area contributed by atoms with E-state index in [0.29, 0.717) is 5.56 Å². The van der Waals surface area contributed by atoms with Crippen LogP contribution in [0.3, 0.4) is 0 Å². The molecule has 1 aromatic carbocycles. The molecule has 1 heterocycles. The smallest absolute Gasteiger partial charge is 0.339 e. The normalized spacial score (nSPS) is 20.9. The Morgan fingerprint density at radius 2 is 1.87 bits per heavy atom. The fourth-order valence-corrected chi connectivity index (χ4v) is 2.99. The van der Waals surface area contributed by atoms with Crippen LogP contribution in [0.1, 0.15) is 36.0 Å². The maximum Gasteiger partial charge on any atom is 0.339 e. The second kappa shape index (κ2) is 7.33. The van der Waals surface area contributed by atoms with Crippen LogP contribution in [0.5, 0.6) is 0 Å². The molecule has 1 aromatic heterocycles. The van der Waals surface area contributed by atoms with Crippen LogP contribution in [0.2, 0.25) is 0 Å². The van der Waals surface area contributed by atoms with Crippen molar-refractivity contribution < 1.29 is 14.3 Å². The lowest BCUT2D eigenvalue weighted by molar-refractivity contribution is -0.0148. The molecule has 0 spiro atoms. The third-order valence-corrected chi connectivity index (χ3v) is 4.20. The summed E-state index contributed by atoms with van der Waals surface area (Å²) in [5, 5.41) is 0. The number of hydrogen-bond acceptors (Lipinski definition) is 5.